The van der Waals surface area contributed by atoms with Crippen LogP contribution in [0.1, 0.15) is 64.4 Å². The molecule has 1 N–H and O–H groups in total. The summed E-state index contributed by atoms with van der Waals surface area (Å²) in [5.41, 5.74) is 0.126. The maximum atomic E-state index is 11.7. The molecule has 0 aliphatic rings. The lowest BCUT2D eigenvalue weighted by Crippen LogP contribution is -2.22. The van der Waals surface area contributed by atoms with Crippen LogP contribution in [0.4, 0.5) is 0 Å². The fraction of sp³-hybridized carbons (Fsp3) is 0.550. The minimum absolute atomic E-state index is 0.0361. The number of carbonyl (C=O) groups excluding carboxylic acids is 2. The summed E-state index contributed by atoms with van der Waals surface area (Å²) in [5.74, 6) is -0.479. The van der Waals surface area contributed by atoms with Gasteiger partial charge in [0.1, 0.15) is 12.4 Å². The van der Waals surface area contributed by atoms with Crippen LogP contribution in [0.3, 0.4) is 0 Å². The van der Waals surface area contributed by atoms with Crippen molar-refractivity contribution < 1.29 is 29.0 Å². The molecule has 0 saturated heterocycles. The summed E-state index contributed by atoms with van der Waals surface area (Å²) in [5, 5.41) is 8.25. The minimum atomic E-state index is -0.757. The average Bonchev–Trinajstić information content (AvgIpc) is 2.50. The standard InChI is InChI=1S/C15H20O4.C5H10O2/c1-10(16)11-6-7-13(18-5)12(8-11)9-19-14(17)15(2,3)4;1-5(2,3)4(6)7/h6-8H,9H2,1-5H3;1-3H3,(H,6,7). The largest absolute Gasteiger partial charge is 0.496 e. The molecule has 146 valence electrons. The van der Waals surface area contributed by atoms with Crippen LogP contribution < -0.4 is 4.74 Å². The molecule has 0 heterocycles. The van der Waals surface area contributed by atoms with Gasteiger partial charge in [0, 0.05) is 11.1 Å². The average molecular weight is 366 g/mol. The molecule has 1 aromatic carbocycles. The lowest BCUT2D eigenvalue weighted by atomic mass is 9.97. The summed E-state index contributed by atoms with van der Waals surface area (Å²) < 4.78 is 10.4. The van der Waals surface area contributed by atoms with Crippen molar-refractivity contribution in [2.75, 3.05) is 7.11 Å². The van der Waals surface area contributed by atoms with Gasteiger partial charge in [0.15, 0.2) is 5.78 Å². The van der Waals surface area contributed by atoms with E-state index in [4.69, 9.17) is 14.6 Å². The van der Waals surface area contributed by atoms with E-state index in [-0.39, 0.29) is 18.4 Å². The smallest absolute Gasteiger partial charge is 0.311 e. The van der Waals surface area contributed by atoms with Crippen molar-refractivity contribution in [2.24, 2.45) is 10.8 Å². The van der Waals surface area contributed by atoms with Gasteiger partial charge in [0.2, 0.25) is 0 Å². The second-order valence-electron chi connectivity index (χ2n) is 7.96. The monoisotopic (exact) mass is 366 g/mol. The Morgan fingerprint density at radius 2 is 1.50 bits per heavy atom. The van der Waals surface area contributed by atoms with Crippen molar-refractivity contribution in [1.29, 1.82) is 0 Å². The Kier molecular flexibility index (Phi) is 8.51. The quantitative estimate of drug-likeness (QED) is 0.637. The summed E-state index contributed by atoms with van der Waals surface area (Å²) >= 11 is 0. The van der Waals surface area contributed by atoms with E-state index in [1.165, 1.54) is 14.0 Å². The first kappa shape index (κ1) is 23.6. The van der Waals surface area contributed by atoms with Gasteiger partial charge in [0.25, 0.3) is 0 Å². The number of methoxy groups -OCH3 is 1. The number of esters is 1. The van der Waals surface area contributed by atoms with E-state index in [1.54, 1.807) is 59.7 Å². The Morgan fingerprint density at radius 3 is 1.85 bits per heavy atom. The van der Waals surface area contributed by atoms with E-state index in [0.717, 1.165) is 0 Å². The lowest BCUT2D eigenvalue weighted by Gasteiger charge is -2.17. The fourth-order valence-electron chi connectivity index (χ4n) is 1.47. The van der Waals surface area contributed by atoms with E-state index >= 15 is 0 Å². The molecule has 0 atom stereocenters. The predicted octanol–water partition coefficient (Wildman–Crippen LogP) is 4.10. The van der Waals surface area contributed by atoms with Gasteiger partial charge in [-0.2, -0.15) is 0 Å². The molecule has 0 bridgehead atoms. The SMILES string of the molecule is CC(C)(C)C(=O)O.COc1ccc(C(C)=O)cc1COC(=O)C(C)(C)C. The third-order valence-electron chi connectivity index (χ3n) is 3.30. The molecule has 0 radical (unpaired) electrons. The number of carboxylic acids is 1. The molecule has 0 unspecified atom stereocenters. The predicted molar refractivity (Wildman–Crippen MR) is 99.3 cm³/mol. The highest BCUT2D eigenvalue weighted by Gasteiger charge is 2.23. The van der Waals surface area contributed by atoms with Gasteiger partial charge in [-0.1, -0.05) is 0 Å². The Labute approximate surface area is 155 Å². The highest BCUT2D eigenvalue weighted by Crippen LogP contribution is 2.23. The van der Waals surface area contributed by atoms with Crippen molar-refractivity contribution in [3.05, 3.63) is 29.3 Å². The Hall–Kier alpha value is -2.37. The summed E-state index contributed by atoms with van der Waals surface area (Å²) in [6, 6.07) is 5.09. The highest BCUT2D eigenvalue weighted by molar-refractivity contribution is 5.94. The van der Waals surface area contributed by atoms with Crippen LogP contribution >= 0.6 is 0 Å². The molecule has 1 rings (SSSR count). The van der Waals surface area contributed by atoms with Crippen molar-refractivity contribution >= 4 is 17.7 Å². The van der Waals surface area contributed by atoms with Crippen LogP contribution in [0, 0.1) is 10.8 Å². The van der Waals surface area contributed by atoms with E-state index < -0.39 is 16.8 Å². The maximum Gasteiger partial charge on any atom is 0.311 e. The van der Waals surface area contributed by atoms with Gasteiger partial charge in [0.05, 0.1) is 17.9 Å². The fourth-order valence-corrected chi connectivity index (χ4v) is 1.47. The van der Waals surface area contributed by atoms with Gasteiger partial charge in [-0.05, 0) is 66.7 Å². The minimum Gasteiger partial charge on any atom is -0.496 e. The van der Waals surface area contributed by atoms with Crippen molar-refractivity contribution in [3.8, 4) is 5.75 Å². The van der Waals surface area contributed by atoms with Crippen LogP contribution in [0.25, 0.3) is 0 Å². The molecule has 1 aromatic rings. The van der Waals surface area contributed by atoms with Crippen LogP contribution in [0.5, 0.6) is 5.75 Å². The molecule has 0 amide bonds. The molecule has 0 fully saturated rings. The molecular formula is C20H30O6. The highest BCUT2D eigenvalue weighted by atomic mass is 16.5. The summed E-state index contributed by atoms with van der Waals surface area (Å²) in [7, 11) is 1.54. The van der Waals surface area contributed by atoms with Gasteiger partial charge < -0.3 is 14.6 Å². The van der Waals surface area contributed by atoms with Crippen molar-refractivity contribution in [1.82, 2.24) is 0 Å². The number of rotatable bonds is 4. The molecule has 0 aliphatic carbocycles. The number of Topliss-reactive ketones (excluding diaryl/α,β-unsaturated/α-hetero) is 1. The van der Waals surface area contributed by atoms with Crippen LogP contribution in [-0.2, 0) is 20.9 Å². The number of hydrogen-bond donors (Lipinski definition) is 1. The normalized spacial score (nSPS) is 11.1. The maximum absolute atomic E-state index is 11.7. The number of ketones is 1. The first-order valence-corrected chi connectivity index (χ1v) is 8.28. The number of aliphatic carboxylic acids is 1. The van der Waals surface area contributed by atoms with E-state index in [0.29, 0.717) is 16.9 Å². The molecule has 0 spiro atoms. The molecular weight excluding hydrogens is 336 g/mol. The Morgan fingerprint density at radius 1 is 1.00 bits per heavy atom. The number of benzene rings is 1. The van der Waals surface area contributed by atoms with Gasteiger partial charge >= 0.3 is 11.9 Å². The topological polar surface area (TPSA) is 89.9 Å². The number of carboxylic acid groups (broad SMARTS) is 1. The summed E-state index contributed by atoms with van der Waals surface area (Å²) in [6.45, 7) is 11.9. The zero-order valence-corrected chi connectivity index (χ0v) is 16.9. The van der Waals surface area contributed by atoms with Gasteiger partial charge in [-0.15, -0.1) is 0 Å². The number of hydrogen-bond acceptors (Lipinski definition) is 5. The molecule has 0 aromatic heterocycles. The molecule has 0 saturated carbocycles. The van der Waals surface area contributed by atoms with Crippen LogP contribution in [0.15, 0.2) is 18.2 Å². The zero-order valence-electron chi connectivity index (χ0n) is 16.9. The van der Waals surface area contributed by atoms with E-state index in [2.05, 4.69) is 0 Å². The Bertz CT molecular complexity index is 647. The third kappa shape index (κ3) is 8.14. The number of ether oxygens (including phenoxy) is 2. The molecule has 0 aliphatic heterocycles. The third-order valence-corrected chi connectivity index (χ3v) is 3.30. The van der Waals surface area contributed by atoms with E-state index in [1.807, 2.05) is 0 Å². The van der Waals surface area contributed by atoms with Gasteiger partial charge in [-0.25, -0.2) is 0 Å². The first-order chi connectivity index (χ1) is 11.7. The summed E-state index contributed by atoms with van der Waals surface area (Å²) in [6.07, 6.45) is 0. The second-order valence-corrected chi connectivity index (χ2v) is 7.96. The van der Waals surface area contributed by atoms with Crippen molar-refractivity contribution in [2.45, 2.75) is 55.1 Å². The zero-order chi connectivity index (χ0) is 20.7. The van der Waals surface area contributed by atoms with Crippen LogP contribution in [-0.4, -0.2) is 29.9 Å². The van der Waals surface area contributed by atoms with Crippen LogP contribution in [0.2, 0.25) is 0 Å². The number of carbonyl (C=O) groups is 3. The van der Waals surface area contributed by atoms with Gasteiger partial charge in [-0.3, -0.25) is 14.4 Å². The van der Waals surface area contributed by atoms with E-state index in [9.17, 15) is 14.4 Å². The van der Waals surface area contributed by atoms with Crippen molar-refractivity contribution in [3.63, 3.8) is 0 Å². The molecule has 26 heavy (non-hydrogen) atoms. The second kappa shape index (κ2) is 9.36. The first-order valence-electron chi connectivity index (χ1n) is 8.28. The Balaban J connectivity index is 0.000000758. The summed E-state index contributed by atoms with van der Waals surface area (Å²) in [4.78, 5) is 33.1. The molecule has 6 heteroatoms. The lowest BCUT2D eigenvalue weighted by molar-refractivity contribution is -0.154. The molecule has 6 nitrogen and oxygen atoms in total.